The SMILES string of the molecule is CCC(NCC(O)c1cc(OC)ccc1OC)c1ccc(F)cn1. The molecule has 1 aromatic carbocycles. The van der Waals surface area contributed by atoms with Crippen LogP contribution >= 0.6 is 0 Å². The lowest BCUT2D eigenvalue weighted by molar-refractivity contribution is 0.164. The fourth-order valence-electron chi connectivity index (χ4n) is 2.52. The van der Waals surface area contributed by atoms with Gasteiger partial charge in [0.15, 0.2) is 0 Å². The molecule has 2 atom stereocenters. The molecule has 0 saturated heterocycles. The van der Waals surface area contributed by atoms with Gasteiger partial charge in [-0.15, -0.1) is 0 Å². The van der Waals surface area contributed by atoms with Gasteiger partial charge >= 0.3 is 0 Å². The van der Waals surface area contributed by atoms with Gasteiger partial charge in [-0.05, 0) is 36.8 Å². The second-order valence-electron chi connectivity index (χ2n) is 5.39. The van der Waals surface area contributed by atoms with Crippen molar-refractivity contribution in [1.29, 1.82) is 0 Å². The highest BCUT2D eigenvalue weighted by Gasteiger charge is 2.17. The largest absolute Gasteiger partial charge is 0.497 e. The number of nitrogens with one attached hydrogen (secondary N) is 1. The average molecular weight is 334 g/mol. The highest BCUT2D eigenvalue weighted by atomic mass is 19.1. The van der Waals surface area contributed by atoms with Crippen molar-refractivity contribution in [3.05, 3.63) is 53.6 Å². The third-order valence-corrected chi connectivity index (χ3v) is 3.87. The summed E-state index contributed by atoms with van der Waals surface area (Å²) in [6, 6.07) is 8.25. The molecular formula is C18H23FN2O3. The summed E-state index contributed by atoms with van der Waals surface area (Å²) < 4.78 is 23.5. The zero-order chi connectivity index (χ0) is 17.5. The molecule has 0 bridgehead atoms. The Balaban J connectivity index is 2.08. The second-order valence-corrected chi connectivity index (χ2v) is 5.39. The van der Waals surface area contributed by atoms with Crippen LogP contribution in [0.1, 0.15) is 36.7 Å². The van der Waals surface area contributed by atoms with E-state index in [-0.39, 0.29) is 11.9 Å². The highest BCUT2D eigenvalue weighted by molar-refractivity contribution is 5.41. The molecule has 1 aromatic heterocycles. The van der Waals surface area contributed by atoms with Crippen molar-refractivity contribution in [2.75, 3.05) is 20.8 Å². The maximum Gasteiger partial charge on any atom is 0.141 e. The molecule has 5 nitrogen and oxygen atoms in total. The molecule has 2 aromatic rings. The van der Waals surface area contributed by atoms with Gasteiger partial charge in [0.1, 0.15) is 17.3 Å². The van der Waals surface area contributed by atoms with E-state index in [1.165, 1.54) is 12.3 Å². The van der Waals surface area contributed by atoms with Crippen LogP contribution in [0.3, 0.4) is 0 Å². The number of aliphatic hydroxyl groups is 1. The molecule has 2 unspecified atom stereocenters. The van der Waals surface area contributed by atoms with Crippen LogP contribution in [0.4, 0.5) is 4.39 Å². The minimum atomic E-state index is -0.774. The fourth-order valence-corrected chi connectivity index (χ4v) is 2.52. The Morgan fingerprint density at radius 3 is 2.58 bits per heavy atom. The van der Waals surface area contributed by atoms with E-state index < -0.39 is 6.10 Å². The predicted molar refractivity (Wildman–Crippen MR) is 89.7 cm³/mol. The lowest BCUT2D eigenvalue weighted by Crippen LogP contribution is -2.27. The van der Waals surface area contributed by atoms with Gasteiger partial charge in [-0.1, -0.05) is 6.92 Å². The first-order chi connectivity index (χ1) is 11.6. The predicted octanol–water partition coefficient (Wildman–Crippen LogP) is 3.01. The lowest BCUT2D eigenvalue weighted by Gasteiger charge is -2.21. The van der Waals surface area contributed by atoms with Gasteiger partial charge in [0.25, 0.3) is 0 Å². The third kappa shape index (κ3) is 4.43. The summed E-state index contributed by atoms with van der Waals surface area (Å²) in [7, 11) is 3.13. The van der Waals surface area contributed by atoms with Crippen LogP contribution in [0.5, 0.6) is 11.5 Å². The second kappa shape index (κ2) is 8.61. The van der Waals surface area contributed by atoms with Crippen LogP contribution in [0.2, 0.25) is 0 Å². The molecular weight excluding hydrogens is 311 g/mol. The first kappa shape index (κ1) is 18.2. The normalized spacial score (nSPS) is 13.4. The molecule has 0 aliphatic rings. The van der Waals surface area contributed by atoms with Gasteiger partial charge in [-0.2, -0.15) is 0 Å². The number of aromatic nitrogens is 1. The summed E-state index contributed by atoms with van der Waals surface area (Å²) >= 11 is 0. The van der Waals surface area contributed by atoms with Gasteiger partial charge in [0.2, 0.25) is 0 Å². The van der Waals surface area contributed by atoms with Crippen LogP contribution < -0.4 is 14.8 Å². The molecule has 0 aliphatic heterocycles. The number of benzene rings is 1. The molecule has 130 valence electrons. The van der Waals surface area contributed by atoms with Gasteiger partial charge in [0, 0.05) is 18.2 Å². The number of pyridine rings is 1. The highest BCUT2D eigenvalue weighted by Crippen LogP contribution is 2.29. The zero-order valence-electron chi connectivity index (χ0n) is 14.1. The Morgan fingerprint density at radius 1 is 1.21 bits per heavy atom. The van der Waals surface area contributed by atoms with Gasteiger partial charge < -0.3 is 19.9 Å². The molecule has 1 heterocycles. The Hall–Kier alpha value is -2.18. The van der Waals surface area contributed by atoms with Crippen molar-refractivity contribution in [2.45, 2.75) is 25.5 Å². The van der Waals surface area contributed by atoms with Crippen molar-refractivity contribution in [1.82, 2.24) is 10.3 Å². The molecule has 2 rings (SSSR count). The Kier molecular flexibility index (Phi) is 6.52. The van der Waals surface area contributed by atoms with E-state index in [4.69, 9.17) is 9.47 Å². The van der Waals surface area contributed by atoms with E-state index in [9.17, 15) is 9.50 Å². The molecule has 6 heteroatoms. The Morgan fingerprint density at radius 2 is 2.00 bits per heavy atom. The number of methoxy groups -OCH3 is 2. The van der Waals surface area contributed by atoms with Crippen LogP contribution in [0, 0.1) is 5.82 Å². The fraction of sp³-hybridized carbons (Fsp3) is 0.389. The first-order valence-corrected chi connectivity index (χ1v) is 7.83. The molecule has 0 radical (unpaired) electrons. The minimum absolute atomic E-state index is 0.0724. The van der Waals surface area contributed by atoms with Crippen LogP contribution in [0.25, 0.3) is 0 Å². The van der Waals surface area contributed by atoms with E-state index in [1.54, 1.807) is 38.5 Å². The van der Waals surface area contributed by atoms with Crippen LogP contribution in [-0.4, -0.2) is 30.9 Å². The smallest absolute Gasteiger partial charge is 0.141 e. The van der Waals surface area contributed by atoms with Crippen LogP contribution in [-0.2, 0) is 0 Å². The third-order valence-electron chi connectivity index (χ3n) is 3.87. The number of rotatable bonds is 8. The standard InChI is InChI=1S/C18H23FN2O3/c1-4-15(16-7-5-12(19)10-20-16)21-11-17(22)14-9-13(23-2)6-8-18(14)24-3/h5-10,15,17,21-22H,4,11H2,1-3H3. The quantitative estimate of drug-likeness (QED) is 0.777. The van der Waals surface area contributed by atoms with Crippen LogP contribution in [0.15, 0.2) is 36.5 Å². The molecule has 0 fully saturated rings. The molecule has 0 saturated carbocycles. The summed E-state index contributed by atoms with van der Waals surface area (Å²) in [6.45, 7) is 2.31. The van der Waals surface area contributed by atoms with Crippen molar-refractivity contribution < 1.29 is 19.0 Å². The van der Waals surface area contributed by atoms with Gasteiger partial charge in [-0.25, -0.2) is 4.39 Å². The molecule has 0 spiro atoms. The number of nitrogens with zero attached hydrogens (tertiary/aromatic N) is 1. The van der Waals surface area contributed by atoms with Crippen molar-refractivity contribution >= 4 is 0 Å². The Labute approximate surface area is 141 Å². The molecule has 24 heavy (non-hydrogen) atoms. The molecule has 0 aliphatic carbocycles. The first-order valence-electron chi connectivity index (χ1n) is 7.83. The summed E-state index contributed by atoms with van der Waals surface area (Å²) in [6.07, 6.45) is 1.19. The Bertz CT molecular complexity index is 649. The average Bonchev–Trinajstić information content (AvgIpc) is 2.62. The summed E-state index contributed by atoms with van der Waals surface area (Å²) in [5.74, 6) is 0.880. The van der Waals surface area contributed by atoms with Crippen molar-refractivity contribution in [2.24, 2.45) is 0 Å². The van der Waals surface area contributed by atoms with E-state index in [0.717, 1.165) is 12.1 Å². The maximum atomic E-state index is 13.0. The van der Waals surface area contributed by atoms with E-state index in [1.807, 2.05) is 6.92 Å². The van der Waals surface area contributed by atoms with E-state index in [2.05, 4.69) is 10.3 Å². The number of ether oxygens (including phenoxy) is 2. The number of aliphatic hydroxyl groups excluding tert-OH is 1. The topological polar surface area (TPSA) is 63.6 Å². The minimum Gasteiger partial charge on any atom is -0.497 e. The van der Waals surface area contributed by atoms with Crippen molar-refractivity contribution in [3.63, 3.8) is 0 Å². The monoisotopic (exact) mass is 334 g/mol. The number of hydrogen-bond donors (Lipinski definition) is 2. The lowest BCUT2D eigenvalue weighted by atomic mass is 10.1. The summed E-state index contributed by atoms with van der Waals surface area (Å²) in [4.78, 5) is 4.10. The zero-order valence-corrected chi connectivity index (χ0v) is 14.1. The molecule has 0 amide bonds. The number of hydrogen-bond acceptors (Lipinski definition) is 5. The van der Waals surface area contributed by atoms with Gasteiger partial charge in [-0.3, -0.25) is 4.98 Å². The number of halogens is 1. The van der Waals surface area contributed by atoms with E-state index >= 15 is 0 Å². The maximum absolute atomic E-state index is 13.0. The summed E-state index contributed by atoms with van der Waals surface area (Å²) in [5, 5.41) is 13.8. The van der Waals surface area contributed by atoms with Gasteiger partial charge in [0.05, 0.1) is 32.2 Å². The summed E-state index contributed by atoms with van der Waals surface area (Å²) in [5.41, 5.74) is 1.38. The molecule has 2 N–H and O–H groups in total. The van der Waals surface area contributed by atoms with Crippen molar-refractivity contribution in [3.8, 4) is 11.5 Å². The van der Waals surface area contributed by atoms with E-state index in [0.29, 0.717) is 23.6 Å².